The number of aliphatic imine (C=N–C) groups is 4. The lowest BCUT2D eigenvalue weighted by atomic mass is 9.83. The van der Waals surface area contributed by atoms with Crippen LogP contribution in [0.25, 0.3) is 0 Å². The number of unbranched alkanes of at least 4 members (excludes halogenated alkanes) is 3. The summed E-state index contributed by atoms with van der Waals surface area (Å²) in [4.78, 5) is 127. The smallest absolute Gasteiger partial charge is 0.414 e. The molecule has 0 aromatic heterocycles. The molecule has 36 heteroatoms. The Morgan fingerprint density at radius 2 is 0.706 bits per heavy atom. The van der Waals surface area contributed by atoms with Crippen LogP contribution in [-0.4, -0.2) is 217 Å². The van der Waals surface area contributed by atoms with Crippen LogP contribution in [0.1, 0.15) is 219 Å². The normalized spacial score (nSPS) is 21.3. The van der Waals surface area contributed by atoms with Gasteiger partial charge in [-0.15, -0.1) is 0 Å². The van der Waals surface area contributed by atoms with E-state index in [9.17, 15) is 53.7 Å². The van der Waals surface area contributed by atoms with E-state index in [1.807, 2.05) is 0 Å². The fourth-order valence-electron chi connectivity index (χ4n) is 8.56. The molecule has 1 aliphatic carbocycles. The van der Waals surface area contributed by atoms with Crippen LogP contribution in [-0.2, 0) is 52.1 Å². The fourth-order valence-corrected chi connectivity index (χ4v) is 11.0. The molecule has 2 fully saturated rings. The average Bonchev–Trinajstić information content (AvgIpc) is 0.772. The third-order valence-electron chi connectivity index (χ3n) is 11.9. The van der Waals surface area contributed by atoms with Gasteiger partial charge in [0, 0.05) is 17.1 Å². The molecule has 102 heavy (non-hydrogen) atoms. The lowest BCUT2D eigenvalue weighted by Gasteiger charge is -2.46. The summed E-state index contributed by atoms with van der Waals surface area (Å²) in [7, 11) is 3.49. The standard InChI is InChI=1S/C66H118N12O22S2/c1-58(2,3)93-50(82)71-46(72-51(83)94-59(4,5)6)67-35-38-41(80)42(81)39(70-49(77-56(88)99-64(19,20)21)78-57(89)100-65(22,23)24)45(91-38)92-43-37(69-48(75-54(86)97-62(13,14)15)76-55(87)98-63(16,17)18)34-36(40(79)44(43)90-32-30-28-29-31-33-101-102-66(25,26)27)68-47(73-52(84)95-60(7,8)9)74-53(85)96-61(10,11)12/h36-45,79-81H,28-35H2,1-27H3,(H2,67,71,72,82,83)(H2,68,73,74,84,85)(H2,69,75,76,86,87)(H2,70,77,78,88,89)/t36-,37+,38-,39-,40+,41-,42-,43-,44-,45-/m1/s1. The number of carbonyl (C=O) groups is 8. The van der Waals surface area contributed by atoms with Crippen molar-refractivity contribution < 1.29 is 106 Å². The molecule has 0 unspecified atom stereocenters. The molecule has 10 atom stereocenters. The summed E-state index contributed by atoms with van der Waals surface area (Å²) in [6.45, 7) is 43.2. The number of amides is 8. The quantitative estimate of drug-likeness (QED) is 0.0225. The first kappa shape index (κ1) is 91.4. The largest absolute Gasteiger partial charge is 0.444 e. The molecule has 34 nitrogen and oxygen atoms in total. The SMILES string of the molecule is CC(C)(C)OC(=O)NC(=NC[C@H]1O[C@H](O[C@H]2[C@H](OCCCCCCSSC(C)(C)C)[C@@H](O)[C@H](N=C(NC(=O)OC(C)(C)C)NC(=O)OC(C)(C)C)C[C@@H]2N=C(NC(=O)OC(C)(C)C)NC(=O)OC(C)(C)C)[C@H](N=C(NC(=O)OC(C)(C)C)NC(=O)OC(C)(C)C)[C@@H](O)[C@@H]1O)NC(=O)OC(C)(C)C. The van der Waals surface area contributed by atoms with Gasteiger partial charge >= 0.3 is 48.7 Å². The summed E-state index contributed by atoms with van der Waals surface area (Å²) in [5, 5.41) is 56.9. The van der Waals surface area contributed by atoms with E-state index in [2.05, 4.69) is 78.3 Å². The van der Waals surface area contributed by atoms with Crippen molar-refractivity contribution in [3.8, 4) is 0 Å². The third-order valence-corrected chi connectivity index (χ3v) is 15.3. The molecule has 8 amide bonds. The minimum atomic E-state index is -2.20. The highest BCUT2D eigenvalue weighted by molar-refractivity contribution is 8.77. The van der Waals surface area contributed by atoms with Gasteiger partial charge in [0.05, 0.1) is 18.6 Å². The molecule has 1 aliphatic heterocycles. The monoisotopic (exact) mass is 1490 g/mol. The summed E-state index contributed by atoms with van der Waals surface area (Å²) in [5.74, 6) is -1.79. The Labute approximate surface area is 608 Å². The lowest BCUT2D eigenvalue weighted by Crippen LogP contribution is -2.64. The van der Waals surface area contributed by atoms with E-state index in [-0.39, 0.29) is 11.4 Å². The van der Waals surface area contributed by atoms with Crippen LogP contribution in [0.2, 0.25) is 0 Å². The minimum absolute atomic E-state index is 0.0292. The van der Waals surface area contributed by atoms with Crippen LogP contribution >= 0.6 is 21.6 Å². The second-order valence-corrected chi connectivity index (χ2v) is 36.1. The Morgan fingerprint density at radius 1 is 0.392 bits per heavy atom. The maximum absolute atomic E-state index is 13.9. The second-order valence-electron chi connectivity index (χ2n) is 32.9. The maximum Gasteiger partial charge on any atom is 0.414 e. The summed E-state index contributed by atoms with van der Waals surface area (Å²) < 4.78 is 64.5. The first-order chi connectivity index (χ1) is 46.1. The van der Waals surface area contributed by atoms with E-state index >= 15 is 0 Å². The Balaban J connectivity index is 3.42. The molecule has 0 radical (unpaired) electrons. The average molecular weight is 1500 g/mol. The highest BCUT2D eigenvalue weighted by Gasteiger charge is 2.53. The second kappa shape index (κ2) is 38.4. The molecule has 1 heterocycles. The molecule has 2 rings (SSSR count). The van der Waals surface area contributed by atoms with Crippen molar-refractivity contribution in [2.45, 2.75) is 330 Å². The van der Waals surface area contributed by atoms with E-state index in [4.69, 9.17) is 57.1 Å². The molecule has 1 saturated heterocycles. The number of carbonyl (C=O) groups excluding carboxylic acids is 8. The molecule has 0 bridgehead atoms. The van der Waals surface area contributed by atoms with Crippen molar-refractivity contribution in [1.29, 1.82) is 0 Å². The zero-order chi connectivity index (χ0) is 78.5. The Morgan fingerprint density at radius 3 is 1.04 bits per heavy atom. The van der Waals surface area contributed by atoms with Crippen molar-refractivity contribution in [2.24, 2.45) is 20.0 Å². The molecule has 1 saturated carbocycles. The van der Waals surface area contributed by atoms with Crippen LogP contribution in [0.4, 0.5) is 38.4 Å². The maximum atomic E-state index is 13.9. The van der Waals surface area contributed by atoms with Crippen molar-refractivity contribution in [2.75, 3.05) is 18.9 Å². The van der Waals surface area contributed by atoms with Crippen LogP contribution in [0.15, 0.2) is 20.0 Å². The Kier molecular flexibility index (Phi) is 34.4. The highest BCUT2D eigenvalue weighted by Crippen LogP contribution is 2.37. The number of rotatable bonds is 16. The number of guanidine groups is 4. The molecular weight excluding hydrogens is 1380 g/mol. The molecule has 11 N–H and O–H groups in total. The van der Waals surface area contributed by atoms with E-state index in [0.29, 0.717) is 12.8 Å². The summed E-state index contributed by atoms with van der Waals surface area (Å²) >= 11 is 0. The third kappa shape index (κ3) is 41.0. The zero-order valence-electron chi connectivity index (χ0n) is 64.6. The van der Waals surface area contributed by atoms with Gasteiger partial charge in [-0.2, -0.15) is 0 Å². The van der Waals surface area contributed by atoms with Crippen LogP contribution in [0.5, 0.6) is 0 Å². The fraction of sp³-hybridized carbons (Fsp3) is 0.818. The van der Waals surface area contributed by atoms with E-state index in [1.165, 1.54) is 0 Å². The van der Waals surface area contributed by atoms with E-state index in [0.717, 1.165) is 18.6 Å². The Hall–Kier alpha value is -6.70. The Bertz CT molecular complexity index is 2800. The molecule has 2 aliphatic rings. The first-order valence-electron chi connectivity index (χ1n) is 33.7. The predicted octanol–water partition coefficient (Wildman–Crippen LogP) is 9.44. The zero-order valence-corrected chi connectivity index (χ0v) is 66.3. The van der Waals surface area contributed by atoms with Gasteiger partial charge in [0.15, 0.2) is 6.29 Å². The van der Waals surface area contributed by atoms with Gasteiger partial charge in [0.2, 0.25) is 23.8 Å². The lowest BCUT2D eigenvalue weighted by molar-refractivity contribution is -0.290. The highest BCUT2D eigenvalue weighted by atomic mass is 33.1. The molecule has 586 valence electrons. The number of alkyl carbamates (subject to hydrolysis) is 8. The van der Waals surface area contributed by atoms with Crippen LogP contribution in [0, 0.1) is 0 Å². The van der Waals surface area contributed by atoms with Crippen molar-refractivity contribution >= 4 is 94.2 Å². The van der Waals surface area contributed by atoms with Crippen molar-refractivity contribution in [1.82, 2.24) is 42.5 Å². The van der Waals surface area contributed by atoms with Gasteiger partial charge in [-0.3, -0.25) is 42.5 Å². The van der Waals surface area contributed by atoms with Gasteiger partial charge in [0.25, 0.3) is 0 Å². The first-order valence-corrected chi connectivity index (χ1v) is 36.0. The predicted molar refractivity (Wildman–Crippen MR) is 385 cm³/mol. The number of aliphatic hydroxyl groups is 3. The number of nitrogens with zero attached hydrogens (tertiary/aromatic N) is 4. The summed E-state index contributed by atoms with van der Waals surface area (Å²) in [6.07, 6.45) is -20.7. The van der Waals surface area contributed by atoms with Gasteiger partial charge in [-0.25, -0.2) is 58.3 Å². The van der Waals surface area contributed by atoms with Crippen LogP contribution < -0.4 is 42.5 Å². The molecule has 0 aromatic rings. The van der Waals surface area contributed by atoms with Crippen molar-refractivity contribution in [3.05, 3.63) is 0 Å². The van der Waals surface area contributed by atoms with Gasteiger partial charge in [-0.1, -0.05) is 55.2 Å². The minimum Gasteiger partial charge on any atom is -0.444 e. The molecular formula is C66H118N12O22S2. The van der Waals surface area contributed by atoms with E-state index < -0.39 is 191 Å². The van der Waals surface area contributed by atoms with Gasteiger partial charge in [0.1, 0.15) is 87.5 Å². The molecule has 0 aromatic carbocycles. The van der Waals surface area contributed by atoms with Gasteiger partial charge in [-0.05, 0) is 185 Å². The number of ether oxygens (including phenoxy) is 11. The number of hydrogen-bond donors (Lipinski definition) is 11. The topological polar surface area (TPSA) is 444 Å². The van der Waals surface area contributed by atoms with Crippen LogP contribution in [0.3, 0.4) is 0 Å². The number of nitrogens with one attached hydrogen (secondary N) is 8. The van der Waals surface area contributed by atoms with Crippen molar-refractivity contribution in [3.63, 3.8) is 0 Å². The number of hydrogen-bond acceptors (Lipinski definition) is 28. The summed E-state index contributed by atoms with van der Waals surface area (Å²) in [5.41, 5.74) is -8.89. The molecule has 0 spiro atoms. The summed E-state index contributed by atoms with van der Waals surface area (Å²) in [6, 6.07) is -5.21. The van der Waals surface area contributed by atoms with Gasteiger partial charge < -0.3 is 67.4 Å². The number of aliphatic hydroxyl groups excluding tert-OH is 3. The van der Waals surface area contributed by atoms with E-state index in [1.54, 1.807) is 188 Å².